The number of hydrogen-bond donors (Lipinski definition) is 2. The van der Waals surface area contributed by atoms with Gasteiger partial charge >= 0.3 is 0 Å². The number of nitrogens with one attached hydrogen (secondary N) is 2. The van der Waals surface area contributed by atoms with E-state index in [-0.39, 0.29) is 35.2 Å². The predicted octanol–water partition coefficient (Wildman–Crippen LogP) is 4.01. The molecule has 29 heavy (non-hydrogen) atoms. The highest BCUT2D eigenvalue weighted by atomic mass is 35.5. The Labute approximate surface area is 183 Å². The van der Waals surface area contributed by atoms with Crippen LogP contribution in [0.3, 0.4) is 0 Å². The number of rotatable bonds is 6. The lowest BCUT2D eigenvalue weighted by atomic mass is 9.90. The maximum Gasteiger partial charge on any atom is 0.227 e. The molecule has 160 valence electrons. The van der Waals surface area contributed by atoms with Crippen LogP contribution in [0.2, 0.25) is 10.0 Å². The van der Waals surface area contributed by atoms with Crippen LogP contribution in [0.15, 0.2) is 18.2 Å². The molecule has 7 heteroatoms. The van der Waals surface area contributed by atoms with Gasteiger partial charge in [-0.3, -0.25) is 9.59 Å². The first-order valence-corrected chi connectivity index (χ1v) is 11.1. The quantitative estimate of drug-likeness (QED) is 0.703. The van der Waals surface area contributed by atoms with E-state index >= 15 is 0 Å². The minimum absolute atomic E-state index is 0.0247. The third-order valence-electron chi connectivity index (χ3n) is 5.40. The average molecular weight is 440 g/mol. The molecule has 1 heterocycles. The molecule has 1 aromatic carbocycles. The second-order valence-electron chi connectivity index (χ2n) is 9.50. The van der Waals surface area contributed by atoms with E-state index < -0.39 is 0 Å². The van der Waals surface area contributed by atoms with Gasteiger partial charge in [-0.25, -0.2) is 0 Å². The van der Waals surface area contributed by atoms with E-state index in [0.717, 1.165) is 18.4 Å². The zero-order chi connectivity index (χ0) is 21.2. The molecule has 0 aromatic heterocycles. The Morgan fingerprint density at radius 3 is 2.59 bits per heavy atom. The fourth-order valence-corrected chi connectivity index (χ4v) is 4.24. The summed E-state index contributed by atoms with van der Waals surface area (Å²) in [7, 11) is 0. The van der Waals surface area contributed by atoms with Crippen molar-refractivity contribution in [2.75, 3.05) is 13.1 Å². The van der Waals surface area contributed by atoms with Crippen molar-refractivity contribution in [2.45, 2.75) is 65.1 Å². The Morgan fingerprint density at radius 1 is 1.21 bits per heavy atom. The van der Waals surface area contributed by atoms with Crippen LogP contribution in [-0.2, 0) is 16.1 Å². The van der Waals surface area contributed by atoms with Gasteiger partial charge in [0, 0.05) is 38.1 Å². The predicted molar refractivity (Wildman–Crippen MR) is 117 cm³/mol. The lowest BCUT2D eigenvalue weighted by Crippen LogP contribution is -2.53. The molecule has 3 rings (SSSR count). The highest BCUT2D eigenvalue weighted by Gasteiger charge is 2.38. The summed E-state index contributed by atoms with van der Waals surface area (Å²) < 4.78 is 0. The topological polar surface area (TPSA) is 61.4 Å². The molecule has 2 atom stereocenters. The zero-order valence-electron chi connectivity index (χ0n) is 17.4. The molecule has 5 nitrogen and oxygen atoms in total. The first kappa shape index (κ1) is 22.4. The number of carbonyl (C=O) groups excluding carboxylic acids is 2. The highest BCUT2D eigenvalue weighted by molar-refractivity contribution is 6.42. The van der Waals surface area contributed by atoms with Crippen LogP contribution in [0.1, 0.15) is 52.0 Å². The van der Waals surface area contributed by atoms with E-state index in [9.17, 15) is 9.59 Å². The van der Waals surface area contributed by atoms with E-state index in [2.05, 4.69) is 10.6 Å². The van der Waals surface area contributed by atoms with E-state index in [1.165, 1.54) is 0 Å². The number of carbonyl (C=O) groups is 2. The largest absolute Gasteiger partial charge is 0.352 e. The molecule has 2 aliphatic rings. The van der Waals surface area contributed by atoms with Crippen LogP contribution in [0.25, 0.3) is 0 Å². The van der Waals surface area contributed by atoms with Crippen LogP contribution < -0.4 is 10.6 Å². The third-order valence-corrected chi connectivity index (χ3v) is 6.26. The van der Waals surface area contributed by atoms with Crippen molar-refractivity contribution in [1.82, 2.24) is 15.5 Å². The Bertz CT molecular complexity index is 759. The first-order chi connectivity index (χ1) is 13.6. The van der Waals surface area contributed by atoms with Crippen LogP contribution in [0.5, 0.6) is 0 Å². The molecule has 2 N–H and O–H groups in total. The number of halogens is 2. The van der Waals surface area contributed by atoms with Gasteiger partial charge in [0.05, 0.1) is 16.0 Å². The fourth-order valence-electron chi connectivity index (χ4n) is 3.86. The minimum Gasteiger partial charge on any atom is -0.352 e. The Hall–Kier alpha value is -1.30. The van der Waals surface area contributed by atoms with Gasteiger partial charge in [-0.15, -0.1) is 0 Å². The van der Waals surface area contributed by atoms with E-state index in [1.54, 1.807) is 6.07 Å². The smallest absolute Gasteiger partial charge is 0.227 e. The molecule has 1 aliphatic carbocycles. The van der Waals surface area contributed by atoms with Gasteiger partial charge in [0.1, 0.15) is 0 Å². The summed E-state index contributed by atoms with van der Waals surface area (Å²) >= 11 is 12.5. The summed E-state index contributed by atoms with van der Waals surface area (Å²) in [5.74, 6) is 0.0233. The summed E-state index contributed by atoms with van der Waals surface area (Å²) in [5.41, 5.74) is 0.818. The van der Waals surface area contributed by atoms with Crippen molar-refractivity contribution in [3.8, 4) is 0 Å². The third kappa shape index (κ3) is 6.34. The highest BCUT2D eigenvalue weighted by Crippen LogP contribution is 2.33. The SMILES string of the molecule is CC(C)(C)CC(=O)N[C@@H]1CNC[C@@H](C(=O)N(Cc2cccc(Cl)c2Cl)C2CC2)C1. The lowest BCUT2D eigenvalue weighted by Gasteiger charge is -2.34. The molecule has 1 saturated heterocycles. The number of amides is 2. The zero-order valence-corrected chi connectivity index (χ0v) is 18.9. The molecular weight excluding hydrogens is 409 g/mol. The van der Waals surface area contributed by atoms with Crippen LogP contribution in [0.4, 0.5) is 0 Å². The second kappa shape index (κ2) is 9.23. The Morgan fingerprint density at radius 2 is 1.93 bits per heavy atom. The second-order valence-corrected chi connectivity index (χ2v) is 10.3. The monoisotopic (exact) mass is 439 g/mol. The molecule has 0 radical (unpaired) electrons. The van der Waals surface area contributed by atoms with Gasteiger partial charge in [-0.05, 0) is 36.3 Å². The minimum atomic E-state index is -0.151. The van der Waals surface area contributed by atoms with E-state index in [1.807, 2.05) is 37.8 Å². The standard InChI is InChI=1S/C22H31Cl2N3O2/c1-22(2,3)10-19(28)26-16-9-15(11-25-12-16)21(29)27(17-7-8-17)13-14-5-4-6-18(23)20(14)24/h4-6,15-17,25H,7-13H2,1-3H3,(H,26,28)/t15-,16-/m0/s1. The maximum atomic E-state index is 13.3. The Balaban J connectivity index is 1.64. The van der Waals surface area contributed by atoms with Crippen molar-refractivity contribution < 1.29 is 9.59 Å². The molecular formula is C22H31Cl2N3O2. The van der Waals surface area contributed by atoms with Gasteiger partial charge in [-0.2, -0.15) is 0 Å². The molecule has 2 fully saturated rings. The van der Waals surface area contributed by atoms with Gasteiger partial charge in [0.2, 0.25) is 11.8 Å². The molecule has 0 bridgehead atoms. The number of hydrogen-bond acceptors (Lipinski definition) is 3. The normalized spacial score (nSPS) is 22.2. The first-order valence-electron chi connectivity index (χ1n) is 10.4. The molecule has 1 saturated carbocycles. The van der Waals surface area contributed by atoms with Crippen LogP contribution >= 0.6 is 23.2 Å². The van der Waals surface area contributed by atoms with Crippen LogP contribution in [0, 0.1) is 11.3 Å². The van der Waals surface area contributed by atoms with E-state index in [4.69, 9.17) is 23.2 Å². The average Bonchev–Trinajstić information content (AvgIpc) is 3.46. The lowest BCUT2D eigenvalue weighted by molar-refractivity contribution is -0.138. The summed E-state index contributed by atoms with van der Waals surface area (Å²) in [6.45, 7) is 7.95. The summed E-state index contributed by atoms with van der Waals surface area (Å²) in [6.07, 6.45) is 3.18. The van der Waals surface area contributed by atoms with Gasteiger partial charge in [0.25, 0.3) is 0 Å². The van der Waals surface area contributed by atoms with Crippen molar-refractivity contribution in [3.63, 3.8) is 0 Å². The van der Waals surface area contributed by atoms with Gasteiger partial charge in [-0.1, -0.05) is 56.1 Å². The van der Waals surface area contributed by atoms with E-state index in [0.29, 0.717) is 42.5 Å². The molecule has 1 aliphatic heterocycles. The molecule has 0 spiro atoms. The van der Waals surface area contributed by atoms with Crippen molar-refractivity contribution in [1.29, 1.82) is 0 Å². The maximum absolute atomic E-state index is 13.3. The van der Waals surface area contributed by atoms with Crippen LogP contribution in [-0.4, -0.2) is 41.9 Å². The Kier molecular flexibility index (Phi) is 7.13. The van der Waals surface area contributed by atoms with Crippen molar-refractivity contribution in [3.05, 3.63) is 33.8 Å². The summed E-state index contributed by atoms with van der Waals surface area (Å²) in [5, 5.41) is 7.45. The van der Waals surface area contributed by atoms with Crippen molar-refractivity contribution in [2.24, 2.45) is 11.3 Å². The number of benzene rings is 1. The molecule has 0 unspecified atom stereocenters. The van der Waals surface area contributed by atoms with Gasteiger partial charge in [0.15, 0.2) is 0 Å². The fraction of sp³-hybridized carbons (Fsp3) is 0.636. The van der Waals surface area contributed by atoms with Crippen molar-refractivity contribution >= 4 is 35.0 Å². The summed E-state index contributed by atoms with van der Waals surface area (Å²) in [4.78, 5) is 27.6. The number of piperidine rings is 1. The molecule has 1 aromatic rings. The van der Waals surface area contributed by atoms with Gasteiger partial charge < -0.3 is 15.5 Å². The molecule has 2 amide bonds. The number of nitrogens with zero attached hydrogens (tertiary/aromatic N) is 1. The summed E-state index contributed by atoms with van der Waals surface area (Å²) in [6, 6.07) is 5.79.